The number of aliphatic hydroxyl groups excluding tert-OH is 1. The number of ketones is 1. The van der Waals surface area contributed by atoms with E-state index in [2.05, 4.69) is 0 Å². The van der Waals surface area contributed by atoms with Crippen molar-refractivity contribution in [1.29, 1.82) is 0 Å². The summed E-state index contributed by atoms with van der Waals surface area (Å²) in [6, 6.07) is 11.8. The number of benzene rings is 2. The van der Waals surface area contributed by atoms with Gasteiger partial charge in [-0.15, -0.1) is 0 Å². The first-order chi connectivity index (χ1) is 16.8. The summed E-state index contributed by atoms with van der Waals surface area (Å²) in [7, 11) is 0. The van der Waals surface area contributed by atoms with Crippen LogP contribution in [-0.4, -0.2) is 53.7 Å². The minimum Gasteiger partial charge on any atom is -0.507 e. The number of nitrogens with zero attached hydrogens (tertiary/aromatic N) is 1. The number of rotatable bonds is 8. The monoisotopic (exact) mass is 479 g/mol. The summed E-state index contributed by atoms with van der Waals surface area (Å²) in [5.74, 6) is -0.115. The summed E-state index contributed by atoms with van der Waals surface area (Å²) < 4.78 is 17.1. The first-order valence-corrected chi connectivity index (χ1v) is 12.2. The highest BCUT2D eigenvalue weighted by Gasteiger charge is 2.47. The maximum atomic E-state index is 13.3. The molecule has 0 aromatic heterocycles. The summed E-state index contributed by atoms with van der Waals surface area (Å²) in [6.07, 6.45) is 1.63. The highest BCUT2D eigenvalue weighted by atomic mass is 16.5. The number of hydrogen-bond donors (Lipinski definition) is 1. The van der Waals surface area contributed by atoms with Gasteiger partial charge in [-0.2, -0.15) is 0 Å². The van der Waals surface area contributed by atoms with Crippen molar-refractivity contribution in [2.45, 2.75) is 58.8 Å². The van der Waals surface area contributed by atoms with E-state index >= 15 is 0 Å². The number of aliphatic hydroxyl groups is 1. The van der Waals surface area contributed by atoms with Gasteiger partial charge < -0.3 is 24.2 Å². The molecule has 4 rings (SSSR count). The third kappa shape index (κ3) is 5.20. The zero-order chi connectivity index (χ0) is 25.1. The van der Waals surface area contributed by atoms with Crippen molar-refractivity contribution >= 4 is 17.4 Å². The minimum absolute atomic E-state index is 0.0101. The Kier molecular flexibility index (Phi) is 7.45. The third-order valence-corrected chi connectivity index (χ3v) is 6.28. The molecule has 7 heteroatoms. The van der Waals surface area contributed by atoms with Gasteiger partial charge in [0.2, 0.25) is 0 Å². The molecule has 0 saturated carbocycles. The molecule has 0 aliphatic carbocycles. The molecule has 2 aliphatic rings. The summed E-state index contributed by atoms with van der Waals surface area (Å²) >= 11 is 0. The summed E-state index contributed by atoms with van der Waals surface area (Å²) in [5.41, 5.74) is 2.09. The van der Waals surface area contributed by atoms with Crippen molar-refractivity contribution in [2.24, 2.45) is 0 Å². The SMILES string of the molecule is CCOc1ccc(C2/C(=C(/O)c3ccc(OC(C)C)c(C)c3)C(=O)C(=O)N2CC2CCCO2)cc1. The number of aryl methyl sites for hydroxylation is 1. The predicted octanol–water partition coefficient (Wildman–Crippen LogP) is 4.78. The van der Waals surface area contributed by atoms with Crippen LogP contribution in [0.15, 0.2) is 48.0 Å². The lowest BCUT2D eigenvalue weighted by molar-refractivity contribution is -0.140. The van der Waals surface area contributed by atoms with Crippen molar-refractivity contribution in [3.63, 3.8) is 0 Å². The summed E-state index contributed by atoms with van der Waals surface area (Å²) in [5, 5.41) is 11.3. The molecule has 0 radical (unpaired) electrons. The second kappa shape index (κ2) is 10.5. The molecule has 0 bridgehead atoms. The van der Waals surface area contributed by atoms with Crippen LogP contribution in [0.4, 0.5) is 0 Å². The molecule has 2 unspecified atom stereocenters. The van der Waals surface area contributed by atoms with Crippen LogP contribution in [-0.2, 0) is 14.3 Å². The van der Waals surface area contributed by atoms with E-state index in [0.717, 1.165) is 24.0 Å². The molecule has 186 valence electrons. The summed E-state index contributed by atoms with van der Waals surface area (Å²) in [6.45, 7) is 9.15. The topological polar surface area (TPSA) is 85.3 Å². The standard InChI is InChI=1S/C28H33NO6/c1-5-33-21-11-8-19(9-12-21)25-24(27(31)28(32)29(25)16-22-7-6-14-34-22)26(30)20-10-13-23(18(4)15-20)35-17(2)3/h8-13,15,17,22,25,30H,5-7,14,16H2,1-4H3/b26-24-. The van der Waals surface area contributed by atoms with E-state index in [1.807, 2.05) is 52.0 Å². The van der Waals surface area contributed by atoms with Crippen molar-refractivity contribution in [3.8, 4) is 11.5 Å². The lowest BCUT2D eigenvalue weighted by Crippen LogP contribution is -2.36. The molecule has 2 aromatic carbocycles. The van der Waals surface area contributed by atoms with Gasteiger partial charge in [-0.3, -0.25) is 9.59 Å². The molecule has 0 spiro atoms. The number of Topliss-reactive ketones (excluding diaryl/α,β-unsaturated/α-hetero) is 1. The van der Waals surface area contributed by atoms with Crippen LogP contribution < -0.4 is 9.47 Å². The number of carbonyl (C=O) groups excluding carboxylic acids is 2. The second-order valence-electron chi connectivity index (χ2n) is 9.24. The number of likely N-dealkylation sites (tertiary alicyclic amines) is 1. The quantitative estimate of drug-likeness (QED) is 0.333. The van der Waals surface area contributed by atoms with Gasteiger partial charge in [-0.25, -0.2) is 0 Å². The Labute approximate surface area is 206 Å². The normalized spacial score (nSPS) is 21.7. The molecule has 2 aromatic rings. The van der Waals surface area contributed by atoms with Crippen LogP contribution in [0.2, 0.25) is 0 Å². The van der Waals surface area contributed by atoms with Crippen molar-refractivity contribution in [1.82, 2.24) is 4.90 Å². The van der Waals surface area contributed by atoms with Crippen LogP contribution in [0.3, 0.4) is 0 Å². The van der Waals surface area contributed by atoms with Gasteiger partial charge in [0.1, 0.15) is 17.3 Å². The van der Waals surface area contributed by atoms with Gasteiger partial charge in [0.25, 0.3) is 11.7 Å². The molecule has 2 atom stereocenters. The summed E-state index contributed by atoms with van der Waals surface area (Å²) in [4.78, 5) is 28.0. The van der Waals surface area contributed by atoms with Crippen LogP contribution in [0.25, 0.3) is 5.76 Å². The fourth-order valence-corrected chi connectivity index (χ4v) is 4.67. The van der Waals surface area contributed by atoms with Gasteiger partial charge in [-0.05, 0) is 82.0 Å². The Bertz CT molecular complexity index is 1110. The Morgan fingerprint density at radius 2 is 1.91 bits per heavy atom. The van der Waals surface area contributed by atoms with Gasteiger partial charge in [0.15, 0.2) is 0 Å². The molecule has 2 fully saturated rings. The molecule has 1 amide bonds. The zero-order valence-electron chi connectivity index (χ0n) is 20.7. The van der Waals surface area contributed by atoms with Gasteiger partial charge in [0.05, 0.1) is 30.4 Å². The maximum absolute atomic E-state index is 13.3. The largest absolute Gasteiger partial charge is 0.507 e. The van der Waals surface area contributed by atoms with Crippen LogP contribution >= 0.6 is 0 Å². The van der Waals surface area contributed by atoms with E-state index in [4.69, 9.17) is 14.2 Å². The predicted molar refractivity (Wildman–Crippen MR) is 133 cm³/mol. The Morgan fingerprint density at radius 3 is 2.51 bits per heavy atom. The number of carbonyl (C=O) groups is 2. The van der Waals surface area contributed by atoms with Crippen LogP contribution in [0.5, 0.6) is 11.5 Å². The Morgan fingerprint density at radius 1 is 1.17 bits per heavy atom. The van der Waals surface area contributed by atoms with Gasteiger partial charge in [-0.1, -0.05) is 12.1 Å². The molecular weight excluding hydrogens is 446 g/mol. The lowest BCUT2D eigenvalue weighted by Gasteiger charge is -2.27. The lowest BCUT2D eigenvalue weighted by atomic mass is 9.94. The first kappa shape index (κ1) is 24.8. The van der Waals surface area contributed by atoms with Gasteiger partial charge in [0, 0.05) is 18.7 Å². The Balaban J connectivity index is 1.77. The number of ether oxygens (including phenoxy) is 3. The zero-order valence-corrected chi connectivity index (χ0v) is 20.7. The highest BCUT2D eigenvalue weighted by Crippen LogP contribution is 2.41. The fraction of sp³-hybridized carbons (Fsp3) is 0.429. The molecule has 35 heavy (non-hydrogen) atoms. The number of amides is 1. The third-order valence-electron chi connectivity index (χ3n) is 6.28. The van der Waals surface area contributed by atoms with E-state index in [0.29, 0.717) is 36.8 Å². The molecule has 2 aliphatic heterocycles. The number of hydrogen-bond acceptors (Lipinski definition) is 6. The molecular formula is C28H33NO6. The van der Waals surface area contributed by atoms with Gasteiger partial charge >= 0.3 is 0 Å². The fourth-order valence-electron chi connectivity index (χ4n) is 4.67. The van der Waals surface area contributed by atoms with E-state index in [1.165, 1.54) is 4.90 Å². The van der Waals surface area contributed by atoms with Crippen LogP contribution in [0, 0.1) is 6.92 Å². The van der Waals surface area contributed by atoms with E-state index in [-0.39, 0.29) is 23.5 Å². The minimum atomic E-state index is -0.721. The van der Waals surface area contributed by atoms with E-state index in [1.54, 1.807) is 18.2 Å². The van der Waals surface area contributed by atoms with E-state index in [9.17, 15) is 14.7 Å². The second-order valence-corrected chi connectivity index (χ2v) is 9.24. The van der Waals surface area contributed by atoms with Crippen LogP contribution in [0.1, 0.15) is 56.3 Å². The molecule has 2 heterocycles. The Hall–Kier alpha value is -3.32. The first-order valence-electron chi connectivity index (χ1n) is 12.2. The van der Waals surface area contributed by atoms with Crippen molar-refractivity contribution in [3.05, 3.63) is 64.7 Å². The maximum Gasteiger partial charge on any atom is 0.295 e. The molecule has 1 N–H and O–H groups in total. The van der Waals surface area contributed by atoms with Crippen molar-refractivity contribution in [2.75, 3.05) is 19.8 Å². The molecule has 2 saturated heterocycles. The average molecular weight is 480 g/mol. The smallest absolute Gasteiger partial charge is 0.295 e. The highest BCUT2D eigenvalue weighted by molar-refractivity contribution is 6.46. The molecule has 7 nitrogen and oxygen atoms in total. The van der Waals surface area contributed by atoms with E-state index < -0.39 is 17.7 Å². The van der Waals surface area contributed by atoms with Crippen molar-refractivity contribution < 1.29 is 28.9 Å². The average Bonchev–Trinajstić information content (AvgIpc) is 3.43.